The fourth-order valence-electron chi connectivity index (χ4n) is 3.95. The lowest BCUT2D eigenvalue weighted by Gasteiger charge is -2.24. The first-order valence-corrected chi connectivity index (χ1v) is 10.4. The molecule has 0 aromatic heterocycles. The van der Waals surface area contributed by atoms with E-state index in [-0.39, 0.29) is 24.9 Å². The van der Waals surface area contributed by atoms with Gasteiger partial charge in [-0.3, -0.25) is 9.59 Å². The monoisotopic (exact) mass is 424 g/mol. The summed E-state index contributed by atoms with van der Waals surface area (Å²) >= 11 is 0. The fourth-order valence-corrected chi connectivity index (χ4v) is 3.95. The highest BCUT2D eigenvalue weighted by Gasteiger charge is 2.30. The van der Waals surface area contributed by atoms with Crippen molar-refractivity contribution in [1.82, 2.24) is 10.6 Å². The molecular formula is C24H28N2O5. The zero-order chi connectivity index (χ0) is 22.5. The molecule has 7 nitrogen and oxygen atoms in total. The molecule has 0 saturated carbocycles. The van der Waals surface area contributed by atoms with Crippen LogP contribution in [-0.2, 0) is 14.3 Å². The number of ether oxygens (including phenoxy) is 1. The van der Waals surface area contributed by atoms with Crippen molar-refractivity contribution >= 4 is 18.0 Å². The average Bonchev–Trinajstić information content (AvgIpc) is 3.03. The molecule has 2 atom stereocenters. The predicted molar refractivity (Wildman–Crippen MR) is 117 cm³/mol. The molecule has 0 bridgehead atoms. The van der Waals surface area contributed by atoms with E-state index in [1.807, 2.05) is 36.4 Å². The Kier molecular flexibility index (Phi) is 6.95. The summed E-state index contributed by atoms with van der Waals surface area (Å²) in [4.78, 5) is 35.8. The summed E-state index contributed by atoms with van der Waals surface area (Å²) in [5.41, 5.74) is 4.49. The third-order valence-electron chi connectivity index (χ3n) is 5.44. The van der Waals surface area contributed by atoms with E-state index >= 15 is 0 Å². The van der Waals surface area contributed by atoms with Crippen LogP contribution in [0.15, 0.2) is 48.5 Å². The van der Waals surface area contributed by atoms with Gasteiger partial charge in [0.05, 0.1) is 6.42 Å². The molecule has 1 aliphatic rings. The van der Waals surface area contributed by atoms with Crippen molar-refractivity contribution in [2.45, 2.75) is 45.2 Å². The Labute approximate surface area is 181 Å². The van der Waals surface area contributed by atoms with Crippen molar-refractivity contribution in [3.63, 3.8) is 0 Å². The standard InChI is InChI=1S/C24H28N2O5/c1-14(2)22(23(29)25-15(3)12-21(27)28)26-24(30)31-13-20-18-10-6-4-8-16(18)17-9-5-7-11-19(17)20/h4-11,14-15,20,22H,12-13H2,1-3H3,(H,25,29)(H,26,30)(H,27,28)/t15?,22-/m0/s1. The number of rotatable bonds is 8. The number of carboxylic acid groups (broad SMARTS) is 1. The molecule has 31 heavy (non-hydrogen) atoms. The van der Waals surface area contributed by atoms with Gasteiger partial charge in [-0.1, -0.05) is 62.4 Å². The number of aliphatic carboxylic acids is 1. The number of amides is 2. The third kappa shape index (κ3) is 5.23. The van der Waals surface area contributed by atoms with E-state index in [4.69, 9.17) is 9.84 Å². The van der Waals surface area contributed by atoms with Gasteiger partial charge in [-0.2, -0.15) is 0 Å². The van der Waals surface area contributed by atoms with Crippen LogP contribution in [0.5, 0.6) is 0 Å². The number of benzene rings is 2. The molecule has 2 aromatic rings. The number of carbonyl (C=O) groups excluding carboxylic acids is 2. The van der Waals surface area contributed by atoms with E-state index in [0.29, 0.717) is 0 Å². The second-order valence-corrected chi connectivity index (χ2v) is 8.20. The van der Waals surface area contributed by atoms with Crippen LogP contribution in [-0.4, -0.2) is 41.8 Å². The SMILES string of the molecule is CC(CC(=O)O)NC(=O)[C@@H](NC(=O)OCC1c2ccccc2-c2ccccc21)C(C)C. The number of hydrogen-bond donors (Lipinski definition) is 3. The van der Waals surface area contributed by atoms with Crippen LogP contribution in [0.3, 0.4) is 0 Å². The van der Waals surface area contributed by atoms with Crippen molar-refractivity contribution < 1.29 is 24.2 Å². The molecule has 0 heterocycles. The number of fused-ring (bicyclic) bond motifs is 3. The topological polar surface area (TPSA) is 105 Å². The maximum absolute atomic E-state index is 12.5. The lowest BCUT2D eigenvalue weighted by Crippen LogP contribution is -2.52. The van der Waals surface area contributed by atoms with Gasteiger partial charge in [-0.15, -0.1) is 0 Å². The minimum absolute atomic E-state index is 0.0694. The van der Waals surface area contributed by atoms with E-state index in [9.17, 15) is 14.4 Å². The fraction of sp³-hybridized carbons (Fsp3) is 0.375. The van der Waals surface area contributed by atoms with E-state index in [1.165, 1.54) is 0 Å². The summed E-state index contributed by atoms with van der Waals surface area (Å²) in [7, 11) is 0. The highest BCUT2D eigenvalue weighted by Crippen LogP contribution is 2.44. The maximum Gasteiger partial charge on any atom is 0.407 e. The van der Waals surface area contributed by atoms with Gasteiger partial charge in [-0.05, 0) is 35.1 Å². The molecule has 164 valence electrons. The first kappa shape index (κ1) is 22.3. The Morgan fingerprint density at radius 3 is 2.00 bits per heavy atom. The van der Waals surface area contributed by atoms with Gasteiger partial charge in [0.25, 0.3) is 0 Å². The van der Waals surface area contributed by atoms with E-state index in [2.05, 4.69) is 22.8 Å². The Bertz CT molecular complexity index is 926. The van der Waals surface area contributed by atoms with Crippen LogP contribution in [0.2, 0.25) is 0 Å². The summed E-state index contributed by atoms with van der Waals surface area (Å²) in [5, 5.41) is 14.1. The van der Waals surface area contributed by atoms with Gasteiger partial charge in [0.1, 0.15) is 12.6 Å². The summed E-state index contributed by atoms with van der Waals surface area (Å²) < 4.78 is 5.52. The van der Waals surface area contributed by atoms with Gasteiger partial charge >= 0.3 is 12.1 Å². The Morgan fingerprint density at radius 1 is 0.935 bits per heavy atom. The predicted octanol–water partition coefficient (Wildman–Crippen LogP) is 3.53. The molecule has 0 radical (unpaired) electrons. The summed E-state index contributed by atoms with van der Waals surface area (Å²) in [6, 6.07) is 14.7. The van der Waals surface area contributed by atoms with E-state index in [0.717, 1.165) is 22.3 Å². The van der Waals surface area contributed by atoms with Gasteiger partial charge in [0.2, 0.25) is 5.91 Å². The van der Waals surface area contributed by atoms with Crippen molar-refractivity contribution in [1.29, 1.82) is 0 Å². The lowest BCUT2D eigenvalue weighted by molar-refractivity contribution is -0.137. The largest absolute Gasteiger partial charge is 0.481 e. The van der Waals surface area contributed by atoms with Gasteiger partial charge < -0.3 is 20.5 Å². The molecule has 3 rings (SSSR count). The summed E-state index contributed by atoms with van der Waals surface area (Å²) in [6.45, 7) is 5.37. The third-order valence-corrected chi connectivity index (χ3v) is 5.44. The zero-order valence-corrected chi connectivity index (χ0v) is 17.9. The maximum atomic E-state index is 12.5. The molecule has 0 aliphatic heterocycles. The molecule has 3 N–H and O–H groups in total. The minimum Gasteiger partial charge on any atom is -0.481 e. The molecule has 2 amide bonds. The van der Waals surface area contributed by atoms with Crippen LogP contribution in [0.25, 0.3) is 11.1 Å². The van der Waals surface area contributed by atoms with Gasteiger partial charge in [0.15, 0.2) is 0 Å². The molecule has 7 heteroatoms. The first-order chi connectivity index (χ1) is 14.8. The normalized spacial score (nSPS) is 14.3. The zero-order valence-electron chi connectivity index (χ0n) is 17.9. The van der Waals surface area contributed by atoms with Crippen molar-refractivity contribution in [2.24, 2.45) is 5.92 Å². The molecule has 0 saturated heterocycles. The number of nitrogens with one attached hydrogen (secondary N) is 2. The summed E-state index contributed by atoms with van der Waals surface area (Å²) in [5.74, 6) is -1.70. The van der Waals surface area contributed by atoms with Crippen molar-refractivity contribution in [2.75, 3.05) is 6.61 Å². The van der Waals surface area contributed by atoms with Crippen molar-refractivity contribution in [3.8, 4) is 11.1 Å². The Morgan fingerprint density at radius 2 is 1.48 bits per heavy atom. The molecular weight excluding hydrogens is 396 g/mol. The van der Waals surface area contributed by atoms with E-state index in [1.54, 1.807) is 20.8 Å². The summed E-state index contributed by atoms with van der Waals surface area (Å²) in [6.07, 6.45) is -0.872. The first-order valence-electron chi connectivity index (χ1n) is 10.4. The second-order valence-electron chi connectivity index (χ2n) is 8.20. The number of carboxylic acids is 1. The van der Waals surface area contributed by atoms with Crippen LogP contribution in [0.1, 0.15) is 44.2 Å². The molecule has 2 aromatic carbocycles. The van der Waals surface area contributed by atoms with Crippen LogP contribution >= 0.6 is 0 Å². The number of alkyl carbamates (subject to hydrolysis) is 1. The second kappa shape index (κ2) is 9.64. The van der Waals surface area contributed by atoms with Crippen molar-refractivity contribution in [3.05, 3.63) is 59.7 Å². The van der Waals surface area contributed by atoms with Crippen LogP contribution < -0.4 is 10.6 Å². The number of carbonyl (C=O) groups is 3. The minimum atomic E-state index is -1.00. The van der Waals surface area contributed by atoms with E-state index < -0.39 is 30.1 Å². The van der Waals surface area contributed by atoms with Crippen LogP contribution in [0, 0.1) is 5.92 Å². The lowest BCUT2D eigenvalue weighted by atomic mass is 9.98. The molecule has 1 aliphatic carbocycles. The van der Waals surface area contributed by atoms with Gasteiger partial charge in [-0.25, -0.2) is 4.79 Å². The van der Waals surface area contributed by atoms with Crippen LogP contribution in [0.4, 0.5) is 4.79 Å². The Hall–Kier alpha value is -3.35. The quantitative estimate of drug-likeness (QED) is 0.601. The highest BCUT2D eigenvalue weighted by molar-refractivity contribution is 5.86. The molecule has 0 spiro atoms. The smallest absolute Gasteiger partial charge is 0.407 e. The number of hydrogen-bond acceptors (Lipinski definition) is 4. The molecule has 0 fully saturated rings. The average molecular weight is 424 g/mol. The Balaban J connectivity index is 1.63. The highest BCUT2D eigenvalue weighted by atomic mass is 16.5. The molecule has 1 unspecified atom stereocenters. The van der Waals surface area contributed by atoms with Gasteiger partial charge in [0, 0.05) is 12.0 Å².